The molecule has 156 valence electrons. The fraction of sp³-hybridized carbons (Fsp3) is 0.667. The van der Waals surface area contributed by atoms with Crippen molar-refractivity contribution in [2.75, 3.05) is 78.6 Å². The average Bonchev–Trinajstić information content (AvgIpc) is 3.20. The first-order chi connectivity index (χ1) is 13.7. The number of hydrogen-bond acceptors (Lipinski definition) is 5. The summed E-state index contributed by atoms with van der Waals surface area (Å²) in [5.74, 6) is 1.93. The van der Waals surface area contributed by atoms with E-state index < -0.39 is 0 Å². The van der Waals surface area contributed by atoms with Crippen molar-refractivity contribution >= 4 is 11.6 Å². The highest BCUT2D eigenvalue weighted by Crippen LogP contribution is 2.22. The van der Waals surface area contributed by atoms with Gasteiger partial charge in [-0.3, -0.25) is 9.89 Å². The van der Waals surface area contributed by atoms with E-state index in [1.54, 1.807) is 14.2 Å². The van der Waals surface area contributed by atoms with Crippen LogP contribution in [0.15, 0.2) is 29.3 Å². The van der Waals surface area contributed by atoms with Crippen molar-refractivity contribution in [1.82, 2.24) is 15.1 Å². The first-order valence-corrected chi connectivity index (χ1v) is 10.3. The summed E-state index contributed by atoms with van der Waals surface area (Å²) in [6.45, 7) is 7.84. The Morgan fingerprint density at radius 3 is 2.71 bits per heavy atom. The van der Waals surface area contributed by atoms with E-state index in [4.69, 9.17) is 9.47 Å². The van der Waals surface area contributed by atoms with Gasteiger partial charge in [-0.25, -0.2) is 0 Å². The smallest absolute Gasteiger partial charge is 0.193 e. The molecular weight excluding hydrogens is 354 g/mol. The highest BCUT2D eigenvalue weighted by Gasteiger charge is 2.25. The lowest BCUT2D eigenvalue weighted by Gasteiger charge is -2.38. The lowest BCUT2D eigenvalue weighted by atomic mass is 10.2. The third-order valence-electron chi connectivity index (χ3n) is 5.79. The van der Waals surface area contributed by atoms with E-state index in [2.05, 4.69) is 43.2 Å². The lowest BCUT2D eigenvalue weighted by Crippen LogP contribution is -2.54. The molecule has 28 heavy (non-hydrogen) atoms. The van der Waals surface area contributed by atoms with E-state index in [9.17, 15) is 0 Å². The summed E-state index contributed by atoms with van der Waals surface area (Å²) in [5.41, 5.74) is 1.22. The summed E-state index contributed by atoms with van der Waals surface area (Å²) in [4.78, 5) is 11.8. The van der Waals surface area contributed by atoms with Crippen LogP contribution in [0.1, 0.15) is 12.8 Å². The maximum absolute atomic E-state index is 5.36. The van der Waals surface area contributed by atoms with Gasteiger partial charge in [-0.1, -0.05) is 6.07 Å². The molecule has 1 atom stereocenters. The van der Waals surface area contributed by atoms with Crippen molar-refractivity contribution in [3.63, 3.8) is 0 Å². The molecule has 0 bridgehead atoms. The lowest BCUT2D eigenvalue weighted by molar-refractivity contribution is 0.141. The molecule has 0 aliphatic carbocycles. The Kier molecular flexibility index (Phi) is 7.80. The molecule has 2 fully saturated rings. The van der Waals surface area contributed by atoms with Crippen LogP contribution in [-0.4, -0.2) is 95.5 Å². The summed E-state index contributed by atoms with van der Waals surface area (Å²) < 4.78 is 10.6. The summed E-state index contributed by atoms with van der Waals surface area (Å²) >= 11 is 0. The molecule has 2 heterocycles. The third-order valence-corrected chi connectivity index (χ3v) is 5.79. The van der Waals surface area contributed by atoms with Crippen LogP contribution in [0.25, 0.3) is 0 Å². The van der Waals surface area contributed by atoms with Crippen molar-refractivity contribution in [3.05, 3.63) is 24.3 Å². The molecular formula is C21H35N5O2. The highest BCUT2D eigenvalue weighted by molar-refractivity contribution is 5.80. The molecule has 1 unspecified atom stereocenters. The zero-order valence-corrected chi connectivity index (χ0v) is 17.6. The minimum atomic E-state index is 0.574. The number of nitrogens with zero attached hydrogens (tertiary/aromatic N) is 4. The Hall–Kier alpha value is -1.99. The number of ether oxygens (including phenoxy) is 2. The van der Waals surface area contributed by atoms with Crippen LogP contribution in [0.2, 0.25) is 0 Å². The normalized spacial score (nSPS) is 21.2. The number of guanidine groups is 1. The average molecular weight is 390 g/mol. The summed E-state index contributed by atoms with van der Waals surface area (Å²) in [5, 5.41) is 3.62. The Morgan fingerprint density at radius 1 is 1.18 bits per heavy atom. The Labute approximate surface area is 169 Å². The summed E-state index contributed by atoms with van der Waals surface area (Å²) in [6.07, 6.45) is 2.52. The third kappa shape index (κ3) is 5.29. The zero-order chi connectivity index (χ0) is 19.8. The molecule has 7 nitrogen and oxygen atoms in total. The minimum absolute atomic E-state index is 0.574. The minimum Gasteiger partial charge on any atom is -0.497 e. The highest BCUT2D eigenvalue weighted by atomic mass is 16.5. The molecule has 1 aromatic carbocycles. The van der Waals surface area contributed by atoms with Crippen molar-refractivity contribution in [2.45, 2.75) is 18.9 Å². The van der Waals surface area contributed by atoms with Gasteiger partial charge in [-0.15, -0.1) is 0 Å². The fourth-order valence-corrected chi connectivity index (χ4v) is 4.15. The Balaban J connectivity index is 1.48. The number of aliphatic imine (C=N–C) groups is 1. The van der Waals surface area contributed by atoms with Crippen LogP contribution in [0.5, 0.6) is 5.75 Å². The molecule has 7 heteroatoms. The van der Waals surface area contributed by atoms with Crippen LogP contribution in [0, 0.1) is 0 Å². The molecule has 1 aromatic rings. The SMILES string of the molecule is CN=C(NCC1CCCN1CCOC)N1CCN(c2cccc(OC)c2)CC1. The van der Waals surface area contributed by atoms with E-state index in [0.717, 1.165) is 57.6 Å². The fourth-order valence-electron chi connectivity index (χ4n) is 4.15. The van der Waals surface area contributed by atoms with Crippen LogP contribution in [0.4, 0.5) is 5.69 Å². The van der Waals surface area contributed by atoms with Crippen LogP contribution in [0.3, 0.4) is 0 Å². The zero-order valence-electron chi connectivity index (χ0n) is 17.6. The van der Waals surface area contributed by atoms with E-state index in [0.29, 0.717) is 6.04 Å². The van der Waals surface area contributed by atoms with Gasteiger partial charge in [0.25, 0.3) is 0 Å². The first kappa shape index (κ1) is 20.7. The molecule has 2 aliphatic heterocycles. The maximum atomic E-state index is 5.36. The molecule has 3 rings (SSSR count). The number of likely N-dealkylation sites (tertiary alicyclic amines) is 1. The number of nitrogens with one attached hydrogen (secondary N) is 1. The predicted molar refractivity (Wildman–Crippen MR) is 115 cm³/mol. The molecule has 2 aliphatic rings. The van der Waals surface area contributed by atoms with Gasteiger partial charge in [0.2, 0.25) is 0 Å². The van der Waals surface area contributed by atoms with E-state index in [1.807, 2.05) is 13.1 Å². The molecule has 1 N–H and O–H groups in total. The Bertz CT molecular complexity index is 631. The van der Waals surface area contributed by atoms with Gasteiger partial charge in [0.05, 0.1) is 13.7 Å². The second-order valence-corrected chi connectivity index (χ2v) is 7.43. The molecule has 0 saturated carbocycles. The summed E-state index contributed by atoms with van der Waals surface area (Å²) in [6, 6.07) is 8.88. The second-order valence-electron chi connectivity index (χ2n) is 7.43. The standard InChI is InChI=1S/C21H35N5O2/c1-22-21(23-17-19-7-5-9-24(19)14-15-27-2)26-12-10-25(11-13-26)18-6-4-8-20(16-18)28-3/h4,6,8,16,19H,5,7,9-15,17H2,1-3H3,(H,22,23). The van der Waals surface area contributed by atoms with Crippen molar-refractivity contribution in [3.8, 4) is 5.75 Å². The largest absolute Gasteiger partial charge is 0.497 e. The number of piperazine rings is 1. The second kappa shape index (κ2) is 10.5. The molecule has 2 saturated heterocycles. The van der Waals surface area contributed by atoms with E-state index in [-0.39, 0.29) is 0 Å². The van der Waals surface area contributed by atoms with Gasteiger partial charge in [0.15, 0.2) is 5.96 Å². The number of methoxy groups -OCH3 is 2. The number of benzene rings is 1. The summed E-state index contributed by atoms with van der Waals surface area (Å²) in [7, 11) is 5.37. The van der Waals surface area contributed by atoms with Crippen molar-refractivity contribution in [2.24, 2.45) is 4.99 Å². The van der Waals surface area contributed by atoms with Gasteiger partial charge in [0.1, 0.15) is 5.75 Å². The monoisotopic (exact) mass is 389 g/mol. The van der Waals surface area contributed by atoms with Crippen LogP contribution in [-0.2, 0) is 4.74 Å². The van der Waals surface area contributed by atoms with Crippen molar-refractivity contribution in [1.29, 1.82) is 0 Å². The van der Waals surface area contributed by atoms with E-state index >= 15 is 0 Å². The Morgan fingerprint density at radius 2 is 2.00 bits per heavy atom. The van der Waals surface area contributed by atoms with Gasteiger partial charge in [0, 0.05) is 71.2 Å². The number of anilines is 1. The number of hydrogen-bond donors (Lipinski definition) is 1. The van der Waals surface area contributed by atoms with E-state index in [1.165, 1.54) is 25.1 Å². The van der Waals surface area contributed by atoms with Crippen LogP contribution < -0.4 is 15.0 Å². The van der Waals surface area contributed by atoms with Gasteiger partial charge >= 0.3 is 0 Å². The van der Waals surface area contributed by atoms with Crippen molar-refractivity contribution < 1.29 is 9.47 Å². The quantitative estimate of drug-likeness (QED) is 0.564. The molecule has 0 aromatic heterocycles. The maximum Gasteiger partial charge on any atom is 0.193 e. The predicted octanol–water partition coefficient (Wildman–Crippen LogP) is 1.50. The number of rotatable bonds is 7. The first-order valence-electron chi connectivity index (χ1n) is 10.3. The molecule has 0 spiro atoms. The van der Waals surface area contributed by atoms with Gasteiger partial charge < -0.3 is 24.6 Å². The van der Waals surface area contributed by atoms with Gasteiger partial charge in [-0.2, -0.15) is 0 Å². The van der Waals surface area contributed by atoms with Crippen LogP contribution >= 0.6 is 0 Å². The molecule has 0 amide bonds. The topological polar surface area (TPSA) is 52.6 Å². The molecule has 0 radical (unpaired) electrons. The van der Waals surface area contributed by atoms with Gasteiger partial charge in [-0.05, 0) is 31.5 Å².